The Labute approximate surface area is 184 Å². The van der Waals surface area contributed by atoms with Gasteiger partial charge in [-0.1, -0.05) is 24.3 Å². The summed E-state index contributed by atoms with van der Waals surface area (Å²) >= 11 is 0. The van der Waals surface area contributed by atoms with Crippen molar-refractivity contribution in [2.45, 2.75) is 46.1 Å². The third-order valence-corrected chi connectivity index (χ3v) is 5.37. The lowest BCUT2D eigenvalue weighted by molar-refractivity contribution is -0.120. The second-order valence-corrected chi connectivity index (χ2v) is 7.61. The van der Waals surface area contributed by atoms with E-state index in [0.29, 0.717) is 31.1 Å². The molecule has 0 spiro atoms. The van der Waals surface area contributed by atoms with Crippen molar-refractivity contribution < 1.29 is 19.1 Å². The zero-order valence-corrected chi connectivity index (χ0v) is 18.5. The maximum absolute atomic E-state index is 12.6. The molecule has 1 N–H and O–H groups in total. The van der Waals surface area contributed by atoms with Crippen LogP contribution in [-0.2, 0) is 22.5 Å². The molecule has 0 radical (unpaired) electrons. The smallest absolute Gasteiger partial charge is 0.341 e. The molecule has 2 aromatic rings. The Morgan fingerprint density at radius 2 is 1.77 bits per heavy atom. The third kappa shape index (κ3) is 6.23. The predicted octanol–water partition coefficient (Wildman–Crippen LogP) is 4.11. The van der Waals surface area contributed by atoms with Gasteiger partial charge in [0.1, 0.15) is 11.3 Å². The van der Waals surface area contributed by atoms with Crippen molar-refractivity contribution >= 4 is 17.6 Å². The van der Waals surface area contributed by atoms with Crippen molar-refractivity contribution in [3.8, 4) is 5.75 Å². The number of rotatable bonds is 9. The molecule has 0 unspecified atom stereocenters. The summed E-state index contributed by atoms with van der Waals surface area (Å²) < 4.78 is 10.7. The first kappa shape index (κ1) is 22.7. The van der Waals surface area contributed by atoms with Crippen LogP contribution >= 0.6 is 0 Å². The lowest BCUT2D eigenvalue weighted by Crippen LogP contribution is -2.31. The predicted molar refractivity (Wildman–Crippen MR) is 122 cm³/mol. The molecule has 1 fully saturated rings. The van der Waals surface area contributed by atoms with Crippen LogP contribution in [0.5, 0.6) is 5.75 Å². The van der Waals surface area contributed by atoms with Crippen molar-refractivity contribution in [2.75, 3.05) is 31.2 Å². The number of esters is 1. The number of nitrogens with zero attached hydrogens (tertiary/aromatic N) is 1. The summed E-state index contributed by atoms with van der Waals surface area (Å²) in [6, 6.07) is 13.5. The molecule has 0 bridgehead atoms. The van der Waals surface area contributed by atoms with Crippen LogP contribution in [0.2, 0.25) is 0 Å². The number of nitrogens with one attached hydrogen (secondary N) is 1. The maximum atomic E-state index is 12.6. The Morgan fingerprint density at radius 3 is 2.52 bits per heavy atom. The fourth-order valence-corrected chi connectivity index (χ4v) is 3.87. The molecule has 31 heavy (non-hydrogen) atoms. The van der Waals surface area contributed by atoms with Gasteiger partial charge in [0.25, 0.3) is 0 Å². The van der Waals surface area contributed by atoms with Crippen molar-refractivity contribution in [2.24, 2.45) is 0 Å². The standard InChI is InChI=1S/C25H32N2O4/c1-3-30-23-16-19(12-13-21(23)25(29)31-4-2)17-24(28)26-18-20-10-6-7-11-22(20)27-14-8-5-9-15-27/h6-7,10-13,16H,3-5,8-9,14-15,17-18H2,1-2H3,(H,26,28). The molecule has 3 rings (SSSR count). The average Bonchev–Trinajstić information content (AvgIpc) is 2.79. The minimum atomic E-state index is -0.420. The van der Waals surface area contributed by atoms with Crippen LogP contribution in [0.4, 0.5) is 5.69 Å². The van der Waals surface area contributed by atoms with Crippen LogP contribution in [0.1, 0.15) is 54.6 Å². The summed E-state index contributed by atoms with van der Waals surface area (Å²) in [6.07, 6.45) is 3.93. The first-order chi connectivity index (χ1) is 15.1. The van der Waals surface area contributed by atoms with Gasteiger partial charge in [-0.25, -0.2) is 4.79 Å². The van der Waals surface area contributed by atoms with E-state index in [1.807, 2.05) is 13.0 Å². The van der Waals surface area contributed by atoms with Gasteiger partial charge < -0.3 is 19.7 Å². The summed E-state index contributed by atoms with van der Waals surface area (Å²) in [6.45, 7) is 6.97. The number of ether oxygens (including phenoxy) is 2. The molecule has 0 atom stereocenters. The molecule has 6 heteroatoms. The Morgan fingerprint density at radius 1 is 1.00 bits per heavy atom. The molecule has 1 aliphatic heterocycles. The molecule has 2 aromatic carbocycles. The van der Waals surface area contributed by atoms with Gasteiger partial charge in [-0.15, -0.1) is 0 Å². The lowest BCUT2D eigenvalue weighted by atomic mass is 10.1. The highest BCUT2D eigenvalue weighted by Crippen LogP contribution is 2.25. The Hall–Kier alpha value is -3.02. The quantitative estimate of drug-likeness (QED) is 0.614. The van der Waals surface area contributed by atoms with Crippen LogP contribution in [0.3, 0.4) is 0 Å². The lowest BCUT2D eigenvalue weighted by Gasteiger charge is -2.30. The number of carbonyl (C=O) groups is 2. The number of piperidine rings is 1. The Bertz CT molecular complexity index is 891. The summed E-state index contributed by atoms with van der Waals surface area (Å²) in [5.41, 5.74) is 3.51. The number of benzene rings is 2. The SMILES string of the molecule is CCOC(=O)c1ccc(CC(=O)NCc2ccccc2N2CCCCC2)cc1OCC. The molecule has 1 amide bonds. The molecule has 6 nitrogen and oxygen atoms in total. The minimum absolute atomic E-state index is 0.0696. The number of carbonyl (C=O) groups excluding carboxylic acids is 2. The van der Waals surface area contributed by atoms with Gasteiger partial charge in [0.15, 0.2) is 0 Å². The molecule has 166 valence electrons. The summed E-state index contributed by atoms with van der Waals surface area (Å²) in [5.74, 6) is -0.0438. The van der Waals surface area contributed by atoms with Gasteiger partial charge in [0, 0.05) is 25.3 Å². The van der Waals surface area contributed by atoms with E-state index in [1.54, 1.807) is 25.1 Å². The molecular formula is C25H32N2O4. The second kappa shape index (κ2) is 11.4. The van der Waals surface area contributed by atoms with E-state index in [9.17, 15) is 9.59 Å². The van der Waals surface area contributed by atoms with Crippen LogP contribution < -0.4 is 15.0 Å². The molecule has 0 saturated carbocycles. The molecule has 0 aromatic heterocycles. The van der Waals surface area contributed by atoms with Crippen LogP contribution in [-0.4, -0.2) is 38.2 Å². The zero-order valence-electron chi connectivity index (χ0n) is 18.5. The molecule has 1 heterocycles. The van der Waals surface area contributed by atoms with E-state index in [2.05, 4.69) is 28.4 Å². The highest BCUT2D eigenvalue weighted by molar-refractivity contribution is 5.93. The zero-order chi connectivity index (χ0) is 22.1. The number of hydrogen-bond donors (Lipinski definition) is 1. The maximum Gasteiger partial charge on any atom is 0.341 e. The summed E-state index contributed by atoms with van der Waals surface area (Å²) in [4.78, 5) is 27.1. The van der Waals surface area contributed by atoms with E-state index in [-0.39, 0.29) is 12.3 Å². The minimum Gasteiger partial charge on any atom is -0.493 e. The van der Waals surface area contributed by atoms with E-state index in [1.165, 1.54) is 24.9 Å². The van der Waals surface area contributed by atoms with Gasteiger partial charge >= 0.3 is 5.97 Å². The molecular weight excluding hydrogens is 392 g/mol. The number of hydrogen-bond acceptors (Lipinski definition) is 5. The van der Waals surface area contributed by atoms with Gasteiger partial charge in [-0.05, 0) is 62.4 Å². The Kier molecular flexibility index (Phi) is 8.33. The monoisotopic (exact) mass is 424 g/mol. The highest BCUT2D eigenvalue weighted by atomic mass is 16.5. The largest absolute Gasteiger partial charge is 0.493 e. The number of para-hydroxylation sites is 1. The number of amides is 1. The van der Waals surface area contributed by atoms with E-state index < -0.39 is 5.97 Å². The third-order valence-electron chi connectivity index (χ3n) is 5.37. The highest BCUT2D eigenvalue weighted by Gasteiger charge is 2.17. The fraction of sp³-hybridized carbons (Fsp3) is 0.440. The second-order valence-electron chi connectivity index (χ2n) is 7.61. The van der Waals surface area contributed by atoms with Gasteiger partial charge in [0.05, 0.1) is 19.6 Å². The van der Waals surface area contributed by atoms with Gasteiger partial charge in [-0.2, -0.15) is 0 Å². The van der Waals surface area contributed by atoms with Crippen LogP contribution in [0.15, 0.2) is 42.5 Å². The Balaban J connectivity index is 1.63. The normalized spacial score (nSPS) is 13.5. The van der Waals surface area contributed by atoms with Crippen LogP contribution in [0, 0.1) is 0 Å². The first-order valence-corrected chi connectivity index (χ1v) is 11.1. The van der Waals surface area contributed by atoms with Crippen molar-refractivity contribution in [1.29, 1.82) is 0 Å². The molecule has 1 saturated heterocycles. The first-order valence-electron chi connectivity index (χ1n) is 11.1. The van der Waals surface area contributed by atoms with E-state index in [4.69, 9.17) is 9.47 Å². The van der Waals surface area contributed by atoms with E-state index >= 15 is 0 Å². The molecule has 0 aliphatic carbocycles. The van der Waals surface area contributed by atoms with Crippen molar-refractivity contribution in [1.82, 2.24) is 5.32 Å². The fourth-order valence-electron chi connectivity index (χ4n) is 3.87. The van der Waals surface area contributed by atoms with E-state index in [0.717, 1.165) is 24.2 Å². The summed E-state index contributed by atoms with van der Waals surface area (Å²) in [7, 11) is 0. The average molecular weight is 425 g/mol. The van der Waals surface area contributed by atoms with Crippen LogP contribution in [0.25, 0.3) is 0 Å². The van der Waals surface area contributed by atoms with Gasteiger partial charge in [0.2, 0.25) is 5.91 Å². The van der Waals surface area contributed by atoms with Crippen molar-refractivity contribution in [3.05, 3.63) is 59.2 Å². The van der Waals surface area contributed by atoms with Gasteiger partial charge in [-0.3, -0.25) is 4.79 Å². The van der Waals surface area contributed by atoms with Crippen molar-refractivity contribution in [3.63, 3.8) is 0 Å². The topological polar surface area (TPSA) is 67.9 Å². The number of anilines is 1. The summed E-state index contributed by atoms with van der Waals surface area (Å²) in [5, 5.41) is 3.04. The molecule has 1 aliphatic rings.